The molecule has 2 saturated heterocycles. The number of amides is 4. The summed E-state index contributed by atoms with van der Waals surface area (Å²) in [5.74, 6) is -4.07. The van der Waals surface area contributed by atoms with Gasteiger partial charge in [0.05, 0.1) is 17.3 Å². The predicted molar refractivity (Wildman–Crippen MR) is 138 cm³/mol. The fraction of sp³-hybridized carbons (Fsp3) is 0.538. The molecule has 0 radical (unpaired) electrons. The standard InChI is InChI=1S/C26H27BrCl2N2O5/c1-4-7-30-21(33)16-6-5-15-17(18(16)22(30)34)10-25(28)23(35)31(11-27)24(36)26(25,29)19(15)14-8-12(2)20(32)13(3)9-14/h5,8-9,16-19,32H,4,6-7,10-11H2,1-3H3/t16-,17+,18-,19-,25+,26-/m0/s1. The van der Waals surface area contributed by atoms with E-state index in [2.05, 4.69) is 15.9 Å². The van der Waals surface area contributed by atoms with E-state index in [9.17, 15) is 24.3 Å². The molecule has 6 atom stereocenters. The molecular weight excluding hydrogens is 571 g/mol. The smallest absolute Gasteiger partial charge is 0.254 e. The maximum Gasteiger partial charge on any atom is 0.254 e. The fourth-order valence-electron chi connectivity index (χ4n) is 6.79. The van der Waals surface area contributed by atoms with E-state index in [0.29, 0.717) is 36.1 Å². The van der Waals surface area contributed by atoms with Crippen LogP contribution >= 0.6 is 39.1 Å². The quantitative estimate of drug-likeness (QED) is 0.244. The first-order valence-corrected chi connectivity index (χ1v) is 14.0. The van der Waals surface area contributed by atoms with E-state index in [0.717, 1.165) is 10.5 Å². The van der Waals surface area contributed by atoms with E-state index in [1.807, 2.05) is 13.0 Å². The molecule has 5 rings (SSSR count). The molecule has 1 aromatic carbocycles. The number of aryl methyl sites for hydroxylation is 2. The predicted octanol–water partition coefficient (Wildman–Crippen LogP) is 4.13. The third-order valence-corrected chi connectivity index (χ3v) is 10.3. The second-order valence-corrected chi connectivity index (χ2v) is 12.1. The minimum atomic E-state index is -1.83. The lowest BCUT2D eigenvalue weighted by molar-refractivity contribution is -0.141. The number of likely N-dealkylation sites (tertiary alicyclic amines) is 2. The number of allylic oxidation sites excluding steroid dienone is 2. The average Bonchev–Trinajstić information content (AvgIpc) is 3.16. The molecule has 1 saturated carbocycles. The molecule has 0 bridgehead atoms. The number of hydrogen-bond donors (Lipinski definition) is 1. The molecular formula is C26H27BrCl2N2O5. The van der Waals surface area contributed by atoms with Gasteiger partial charge in [-0.05, 0) is 55.7 Å². The highest BCUT2D eigenvalue weighted by Crippen LogP contribution is 2.65. The third kappa shape index (κ3) is 3.10. The summed E-state index contributed by atoms with van der Waals surface area (Å²) >= 11 is 17.6. The van der Waals surface area contributed by atoms with Crippen molar-refractivity contribution in [3.05, 3.63) is 40.5 Å². The van der Waals surface area contributed by atoms with Crippen LogP contribution in [0, 0.1) is 31.6 Å². The van der Waals surface area contributed by atoms with Crippen LogP contribution in [0.2, 0.25) is 0 Å². The van der Waals surface area contributed by atoms with Crippen molar-refractivity contribution in [2.75, 3.05) is 12.0 Å². The number of carbonyl (C=O) groups excluding carboxylic acids is 4. The highest BCUT2D eigenvalue weighted by molar-refractivity contribution is 9.09. The van der Waals surface area contributed by atoms with Crippen molar-refractivity contribution in [1.29, 1.82) is 0 Å². The largest absolute Gasteiger partial charge is 0.507 e. The van der Waals surface area contributed by atoms with Gasteiger partial charge in [-0.2, -0.15) is 0 Å². The van der Waals surface area contributed by atoms with Crippen LogP contribution in [0.3, 0.4) is 0 Å². The number of nitrogens with zero attached hydrogens (tertiary/aromatic N) is 2. The molecule has 1 aromatic rings. The second kappa shape index (κ2) is 8.57. The number of imide groups is 2. The van der Waals surface area contributed by atoms with Gasteiger partial charge < -0.3 is 5.11 Å². The van der Waals surface area contributed by atoms with Crippen molar-refractivity contribution in [3.8, 4) is 5.75 Å². The van der Waals surface area contributed by atoms with Gasteiger partial charge in [-0.3, -0.25) is 29.0 Å². The number of phenols is 1. The Morgan fingerprint density at radius 1 is 1.03 bits per heavy atom. The molecule has 4 aliphatic rings. The van der Waals surface area contributed by atoms with Crippen LogP contribution in [-0.2, 0) is 19.2 Å². The Morgan fingerprint density at radius 3 is 2.25 bits per heavy atom. The number of aromatic hydroxyl groups is 1. The Morgan fingerprint density at radius 2 is 1.67 bits per heavy atom. The molecule has 0 unspecified atom stereocenters. The third-order valence-electron chi connectivity index (χ3n) is 8.40. The highest BCUT2D eigenvalue weighted by Gasteiger charge is 2.76. The number of phenolic OH excluding ortho intramolecular Hbond substituents is 1. The number of fused-ring (bicyclic) bond motifs is 4. The summed E-state index contributed by atoms with van der Waals surface area (Å²) in [4.78, 5) is 52.7. The monoisotopic (exact) mass is 596 g/mol. The number of carbonyl (C=O) groups is 4. The topological polar surface area (TPSA) is 95.0 Å². The zero-order chi connectivity index (χ0) is 26.3. The van der Waals surface area contributed by atoms with Gasteiger partial charge in [0, 0.05) is 12.5 Å². The van der Waals surface area contributed by atoms with Gasteiger partial charge in [0.2, 0.25) is 11.8 Å². The average molecular weight is 598 g/mol. The summed E-state index contributed by atoms with van der Waals surface area (Å²) in [5, 5.41) is 10.4. The Balaban J connectivity index is 1.74. The van der Waals surface area contributed by atoms with Gasteiger partial charge in [-0.15, -0.1) is 23.2 Å². The summed E-state index contributed by atoms with van der Waals surface area (Å²) in [7, 11) is 0. The lowest BCUT2D eigenvalue weighted by atomic mass is 9.56. The van der Waals surface area contributed by atoms with Crippen LogP contribution < -0.4 is 0 Å². The highest BCUT2D eigenvalue weighted by atomic mass is 79.9. The number of benzene rings is 1. The first kappa shape index (κ1) is 25.7. The van der Waals surface area contributed by atoms with Crippen LogP contribution in [0.4, 0.5) is 0 Å². The molecule has 2 aliphatic heterocycles. The molecule has 3 fully saturated rings. The summed E-state index contributed by atoms with van der Waals surface area (Å²) in [6.45, 7) is 5.75. The SMILES string of the molecule is CCCN1C(=O)[C@H]2[C@H](CC=C3[C@H]2C[C@@]2(Cl)C(=O)N(CBr)C(=O)[C@@]2(Cl)[C@H]3c2cc(C)c(O)c(C)c2)C1=O. The molecule has 0 aromatic heterocycles. The van der Waals surface area contributed by atoms with E-state index in [1.54, 1.807) is 26.0 Å². The van der Waals surface area contributed by atoms with E-state index in [4.69, 9.17) is 23.2 Å². The first-order valence-electron chi connectivity index (χ1n) is 12.1. The normalized spacial score (nSPS) is 35.7. The number of hydrogen-bond acceptors (Lipinski definition) is 5. The van der Waals surface area contributed by atoms with Crippen LogP contribution in [0.1, 0.15) is 48.8 Å². The number of alkyl halides is 3. The van der Waals surface area contributed by atoms with Crippen molar-refractivity contribution in [2.45, 2.75) is 55.7 Å². The number of halogens is 3. The Bertz CT molecular complexity index is 1230. The van der Waals surface area contributed by atoms with E-state index >= 15 is 0 Å². The van der Waals surface area contributed by atoms with E-state index in [1.165, 1.54) is 4.90 Å². The summed E-state index contributed by atoms with van der Waals surface area (Å²) in [5.41, 5.74) is 2.52. The minimum absolute atomic E-state index is 0.0232. The molecule has 36 heavy (non-hydrogen) atoms. The molecule has 4 amide bonds. The second-order valence-electron chi connectivity index (χ2n) is 10.3. The molecule has 1 N–H and O–H groups in total. The maximum atomic E-state index is 13.7. The molecule has 2 heterocycles. The van der Waals surface area contributed by atoms with Crippen LogP contribution in [0.15, 0.2) is 23.8 Å². The van der Waals surface area contributed by atoms with E-state index < -0.39 is 45.2 Å². The van der Waals surface area contributed by atoms with Gasteiger partial charge in [0.1, 0.15) is 5.75 Å². The fourth-order valence-corrected chi connectivity index (χ4v) is 8.22. The molecule has 192 valence electrons. The Hall–Kier alpha value is -1.90. The Kier molecular flexibility index (Phi) is 6.12. The summed E-state index contributed by atoms with van der Waals surface area (Å²) in [6, 6.07) is 3.51. The van der Waals surface area contributed by atoms with Crippen LogP contribution in [0.25, 0.3) is 0 Å². The lowest BCUT2D eigenvalue weighted by Gasteiger charge is -2.51. The summed E-state index contributed by atoms with van der Waals surface area (Å²) in [6.07, 6.45) is 2.89. The molecule has 0 spiro atoms. The van der Waals surface area contributed by atoms with Crippen LogP contribution in [-0.4, -0.2) is 60.3 Å². The molecule has 10 heteroatoms. The van der Waals surface area contributed by atoms with Gasteiger partial charge in [-0.1, -0.05) is 46.6 Å². The molecule has 7 nitrogen and oxygen atoms in total. The Labute approximate surface area is 227 Å². The summed E-state index contributed by atoms with van der Waals surface area (Å²) < 4.78 is 0. The van der Waals surface area contributed by atoms with Crippen molar-refractivity contribution in [1.82, 2.24) is 9.80 Å². The van der Waals surface area contributed by atoms with Crippen molar-refractivity contribution < 1.29 is 24.3 Å². The van der Waals surface area contributed by atoms with Crippen molar-refractivity contribution in [2.24, 2.45) is 17.8 Å². The van der Waals surface area contributed by atoms with Gasteiger partial charge in [0.25, 0.3) is 11.8 Å². The van der Waals surface area contributed by atoms with Gasteiger partial charge >= 0.3 is 0 Å². The van der Waals surface area contributed by atoms with Gasteiger partial charge in [-0.25, -0.2) is 0 Å². The van der Waals surface area contributed by atoms with Crippen molar-refractivity contribution >= 4 is 62.8 Å². The van der Waals surface area contributed by atoms with Crippen LogP contribution in [0.5, 0.6) is 5.75 Å². The van der Waals surface area contributed by atoms with Crippen molar-refractivity contribution in [3.63, 3.8) is 0 Å². The lowest BCUT2D eigenvalue weighted by Crippen LogP contribution is -2.60. The van der Waals surface area contributed by atoms with Gasteiger partial charge in [0.15, 0.2) is 9.75 Å². The number of rotatable bonds is 4. The zero-order valence-electron chi connectivity index (χ0n) is 20.2. The first-order chi connectivity index (χ1) is 16.9. The molecule has 2 aliphatic carbocycles. The maximum absolute atomic E-state index is 13.7. The zero-order valence-corrected chi connectivity index (χ0v) is 23.3. The minimum Gasteiger partial charge on any atom is -0.507 e. The van der Waals surface area contributed by atoms with E-state index in [-0.39, 0.29) is 29.4 Å².